The largest absolute Gasteiger partial charge is 0.490 e. The van der Waals surface area contributed by atoms with Crippen LogP contribution >= 0.6 is 0 Å². The number of ether oxygens (including phenoxy) is 1. The number of allylic oxidation sites excluding steroid dienone is 2. The lowest BCUT2D eigenvalue weighted by Gasteiger charge is -2.22. The van der Waals surface area contributed by atoms with Crippen LogP contribution in [0.4, 0.5) is 8.78 Å². The van der Waals surface area contributed by atoms with E-state index in [0.717, 1.165) is 31.6 Å². The molecular weight excluding hydrogens is 378 g/mol. The fourth-order valence-corrected chi connectivity index (χ4v) is 4.15. The minimum Gasteiger partial charge on any atom is -0.490 e. The van der Waals surface area contributed by atoms with Crippen molar-refractivity contribution in [3.8, 4) is 16.9 Å². The molecule has 2 aromatic rings. The van der Waals surface area contributed by atoms with Gasteiger partial charge in [0.25, 0.3) is 0 Å². The summed E-state index contributed by atoms with van der Waals surface area (Å²) in [6, 6.07) is 11.0. The highest BCUT2D eigenvalue weighted by Gasteiger charge is 2.17. The predicted octanol–water partition coefficient (Wildman–Crippen LogP) is 8.57. The van der Waals surface area contributed by atoms with Crippen LogP contribution in [0, 0.1) is 17.6 Å². The third-order valence-electron chi connectivity index (χ3n) is 6.10. The Morgan fingerprint density at radius 2 is 1.60 bits per heavy atom. The molecule has 0 saturated carbocycles. The summed E-state index contributed by atoms with van der Waals surface area (Å²) in [5, 5.41) is 0. The molecule has 0 heterocycles. The van der Waals surface area contributed by atoms with Crippen LogP contribution in [0.25, 0.3) is 16.7 Å². The third kappa shape index (κ3) is 5.71. The lowest BCUT2D eigenvalue weighted by Crippen LogP contribution is -2.05. The van der Waals surface area contributed by atoms with Crippen LogP contribution in [0.15, 0.2) is 42.5 Å². The fourth-order valence-electron chi connectivity index (χ4n) is 4.15. The van der Waals surface area contributed by atoms with Gasteiger partial charge in [0.1, 0.15) is 0 Å². The first-order valence-electron chi connectivity index (χ1n) is 11.5. The number of rotatable bonds is 10. The number of halogens is 2. The van der Waals surface area contributed by atoms with Crippen molar-refractivity contribution in [1.29, 1.82) is 0 Å². The maximum absolute atomic E-state index is 14.6. The maximum atomic E-state index is 14.6. The van der Waals surface area contributed by atoms with E-state index in [-0.39, 0.29) is 11.3 Å². The molecule has 0 N–H and O–H groups in total. The standard InChI is InChI=1S/C27H34F2O/c1-3-5-7-8-20-9-11-21(12-10-20)22-13-15-23(16-14-22)24-17-18-25(27(29)26(24)28)30-19-6-4-2/h11,13-18,20H,3-10,12,19H2,1-2H3. The minimum absolute atomic E-state index is 0.0119. The van der Waals surface area contributed by atoms with E-state index in [1.54, 1.807) is 6.07 Å². The van der Waals surface area contributed by atoms with E-state index in [1.165, 1.54) is 49.3 Å². The average Bonchev–Trinajstić information content (AvgIpc) is 2.78. The molecule has 3 heteroatoms. The summed E-state index contributed by atoms with van der Waals surface area (Å²) in [6.07, 6.45) is 12.9. The highest BCUT2D eigenvalue weighted by molar-refractivity contribution is 5.71. The fraction of sp³-hybridized carbons (Fsp3) is 0.481. The Balaban J connectivity index is 1.67. The van der Waals surface area contributed by atoms with Crippen LogP contribution in [0.3, 0.4) is 0 Å². The van der Waals surface area contributed by atoms with Crippen molar-refractivity contribution in [3.05, 3.63) is 59.7 Å². The first-order chi connectivity index (χ1) is 14.6. The molecule has 0 aliphatic heterocycles. The van der Waals surface area contributed by atoms with Crippen LogP contribution in [-0.2, 0) is 0 Å². The van der Waals surface area contributed by atoms with Crippen LogP contribution < -0.4 is 4.74 Å². The van der Waals surface area contributed by atoms with Crippen molar-refractivity contribution in [3.63, 3.8) is 0 Å². The van der Waals surface area contributed by atoms with Gasteiger partial charge in [-0.1, -0.05) is 76.3 Å². The summed E-state index contributed by atoms with van der Waals surface area (Å²) in [5.41, 5.74) is 3.52. The molecule has 0 saturated heterocycles. The van der Waals surface area contributed by atoms with Crippen molar-refractivity contribution in [1.82, 2.24) is 0 Å². The van der Waals surface area contributed by atoms with Crippen molar-refractivity contribution in [2.45, 2.75) is 71.6 Å². The second kappa shape index (κ2) is 11.3. The average molecular weight is 413 g/mol. The number of unbranched alkanes of at least 4 members (excludes halogenated alkanes) is 3. The van der Waals surface area contributed by atoms with Gasteiger partial charge in [-0.15, -0.1) is 0 Å². The summed E-state index contributed by atoms with van der Waals surface area (Å²) in [6.45, 7) is 4.68. The van der Waals surface area contributed by atoms with Crippen molar-refractivity contribution < 1.29 is 13.5 Å². The van der Waals surface area contributed by atoms with Crippen LogP contribution in [0.2, 0.25) is 0 Å². The Labute approximate surface area is 180 Å². The van der Waals surface area contributed by atoms with E-state index >= 15 is 0 Å². The normalized spacial score (nSPS) is 16.4. The third-order valence-corrected chi connectivity index (χ3v) is 6.10. The Bertz CT molecular complexity index is 839. The predicted molar refractivity (Wildman–Crippen MR) is 122 cm³/mol. The number of hydrogen-bond donors (Lipinski definition) is 0. The highest BCUT2D eigenvalue weighted by atomic mass is 19.2. The van der Waals surface area contributed by atoms with E-state index in [4.69, 9.17) is 4.74 Å². The molecule has 1 nitrogen and oxygen atoms in total. The molecule has 2 aromatic carbocycles. The SMILES string of the molecule is CCCCCC1CC=C(c2ccc(-c3ccc(OCCCC)c(F)c3F)cc2)CC1. The van der Waals surface area contributed by atoms with Gasteiger partial charge in [-0.3, -0.25) is 0 Å². The highest BCUT2D eigenvalue weighted by Crippen LogP contribution is 2.35. The van der Waals surface area contributed by atoms with Gasteiger partial charge in [-0.25, -0.2) is 4.39 Å². The Kier molecular flexibility index (Phi) is 8.48. The summed E-state index contributed by atoms with van der Waals surface area (Å²) in [7, 11) is 0. The summed E-state index contributed by atoms with van der Waals surface area (Å²) in [5.74, 6) is -0.947. The van der Waals surface area contributed by atoms with Crippen LogP contribution in [0.1, 0.15) is 77.2 Å². The molecule has 3 rings (SSSR count). The molecule has 1 atom stereocenters. The van der Waals surface area contributed by atoms with Gasteiger partial charge in [0.05, 0.1) is 6.61 Å². The molecule has 0 fully saturated rings. The van der Waals surface area contributed by atoms with Gasteiger partial charge in [0.2, 0.25) is 5.82 Å². The topological polar surface area (TPSA) is 9.23 Å². The first-order valence-corrected chi connectivity index (χ1v) is 11.5. The first kappa shape index (κ1) is 22.5. The summed E-state index contributed by atoms with van der Waals surface area (Å²) >= 11 is 0. The molecular formula is C27H34F2O. The second-order valence-electron chi connectivity index (χ2n) is 8.38. The Hall–Kier alpha value is -2.16. The molecule has 30 heavy (non-hydrogen) atoms. The number of hydrogen-bond acceptors (Lipinski definition) is 1. The van der Waals surface area contributed by atoms with Gasteiger partial charge in [0, 0.05) is 5.56 Å². The molecule has 0 amide bonds. The molecule has 1 unspecified atom stereocenters. The van der Waals surface area contributed by atoms with Crippen molar-refractivity contribution in [2.24, 2.45) is 5.92 Å². The Morgan fingerprint density at radius 3 is 2.27 bits per heavy atom. The minimum atomic E-state index is -0.906. The molecule has 0 bridgehead atoms. The molecule has 1 aliphatic carbocycles. The van der Waals surface area contributed by atoms with Gasteiger partial charge in [-0.2, -0.15) is 4.39 Å². The molecule has 0 aromatic heterocycles. The zero-order valence-corrected chi connectivity index (χ0v) is 18.4. The van der Waals surface area contributed by atoms with E-state index in [2.05, 4.69) is 13.0 Å². The lowest BCUT2D eigenvalue weighted by atomic mass is 9.83. The van der Waals surface area contributed by atoms with Gasteiger partial charge < -0.3 is 4.74 Å². The summed E-state index contributed by atoms with van der Waals surface area (Å²) in [4.78, 5) is 0. The molecule has 0 radical (unpaired) electrons. The van der Waals surface area contributed by atoms with E-state index in [9.17, 15) is 8.78 Å². The van der Waals surface area contributed by atoms with Crippen molar-refractivity contribution in [2.75, 3.05) is 6.61 Å². The van der Waals surface area contributed by atoms with Crippen LogP contribution in [-0.4, -0.2) is 6.61 Å². The second-order valence-corrected chi connectivity index (χ2v) is 8.38. The quantitative estimate of drug-likeness (QED) is 0.355. The van der Waals surface area contributed by atoms with Gasteiger partial charge in [0.15, 0.2) is 11.6 Å². The molecule has 1 aliphatic rings. The molecule has 162 valence electrons. The monoisotopic (exact) mass is 412 g/mol. The Morgan fingerprint density at radius 1 is 0.867 bits per heavy atom. The van der Waals surface area contributed by atoms with E-state index < -0.39 is 11.6 Å². The van der Waals surface area contributed by atoms with Crippen molar-refractivity contribution >= 4 is 5.57 Å². The lowest BCUT2D eigenvalue weighted by molar-refractivity contribution is 0.289. The van der Waals surface area contributed by atoms with Gasteiger partial charge >= 0.3 is 0 Å². The maximum Gasteiger partial charge on any atom is 0.201 e. The van der Waals surface area contributed by atoms with Gasteiger partial charge in [-0.05, 0) is 60.4 Å². The summed E-state index contributed by atoms with van der Waals surface area (Å²) < 4.78 is 34.4. The van der Waals surface area contributed by atoms with Crippen LogP contribution in [0.5, 0.6) is 5.75 Å². The molecule has 0 spiro atoms. The zero-order valence-electron chi connectivity index (χ0n) is 18.4. The van der Waals surface area contributed by atoms with E-state index in [0.29, 0.717) is 12.2 Å². The van der Waals surface area contributed by atoms with E-state index in [1.807, 2.05) is 31.2 Å². The zero-order chi connectivity index (χ0) is 21.3. The number of benzene rings is 2. The smallest absolute Gasteiger partial charge is 0.201 e.